The van der Waals surface area contributed by atoms with Gasteiger partial charge in [-0.15, -0.1) is 0 Å². The Balaban J connectivity index is 1.51. The van der Waals surface area contributed by atoms with Crippen LogP contribution in [0.4, 0.5) is 0 Å². The molecule has 2 unspecified atom stereocenters. The highest BCUT2D eigenvalue weighted by atomic mass is 16.3. The second kappa shape index (κ2) is 5.64. The van der Waals surface area contributed by atoms with Crippen molar-refractivity contribution >= 4 is 5.91 Å². The van der Waals surface area contributed by atoms with E-state index in [1.165, 1.54) is 12.8 Å². The highest BCUT2D eigenvalue weighted by molar-refractivity contribution is 5.77. The number of carbonyl (C=O) groups excluding carboxylic acids is 1. The summed E-state index contributed by atoms with van der Waals surface area (Å²) in [5.41, 5.74) is 0. The number of amides is 1. The van der Waals surface area contributed by atoms with Crippen molar-refractivity contribution in [1.29, 1.82) is 0 Å². The number of hydrogen-bond donors (Lipinski definition) is 3. The molecule has 4 heteroatoms. The summed E-state index contributed by atoms with van der Waals surface area (Å²) < 4.78 is 0. The largest absolute Gasteiger partial charge is 0.393 e. The van der Waals surface area contributed by atoms with Crippen molar-refractivity contribution in [3.8, 4) is 0 Å². The third kappa shape index (κ3) is 3.76. The first-order valence-corrected chi connectivity index (χ1v) is 6.41. The Bertz CT molecular complexity index is 241. The van der Waals surface area contributed by atoms with Gasteiger partial charge in [0.2, 0.25) is 5.91 Å². The second-order valence-electron chi connectivity index (χ2n) is 5.14. The fourth-order valence-electron chi connectivity index (χ4n) is 2.27. The van der Waals surface area contributed by atoms with Crippen LogP contribution in [0.5, 0.6) is 0 Å². The van der Waals surface area contributed by atoms with Gasteiger partial charge in [-0.3, -0.25) is 4.79 Å². The van der Waals surface area contributed by atoms with E-state index in [0.29, 0.717) is 12.5 Å². The van der Waals surface area contributed by atoms with Gasteiger partial charge in [0.25, 0.3) is 0 Å². The predicted octanol–water partition coefficient (Wildman–Crippen LogP) is 0.263. The molecule has 3 N–H and O–H groups in total. The van der Waals surface area contributed by atoms with Crippen LogP contribution < -0.4 is 10.6 Å². The van der Waals surface area contributed by atoms with Crippen LogP contribution in [0.1, 0.15) is 32.1 Å². The molecule has 0 aliphatic heterocycles. The van der Waals surface area contributed by atoms with Crippen molar-refractivity contribution in [3.63, 3.8) is 0 Å². The molecule has 2 aliphatic carbocycles. The molecule has 2 fully saturated rings. The zero-order chi connectivity index (χ0) is 11.4. The lowest BCUT2D eigenvalue weighted by Crippen LogP contribution is -2.38. The van der Waals surface area contributed by atoms with Crippen molar-refractivity contribution in [2.75, 3.05) is 19.6 Å². The first-order valence-electron chi connectivity index (χ1n) is 6.41. The number of nitrogens with one attached hydrogen (secondary N) is 2. The monoisotopic (exact) mass is 226 g/mol. The number of hydrogen-bond acceptors (Lipinski definition) is 3. The van der Waals surface area contributed by atoms with E-state index >= 15 is 0 Å². The fraction of sp³-hybridized carbons (Fsp3) is 0.917. The topological polar surface area (TPSA) is 61.4 Å². The van der Waals surface area contributed by atoms with Crippen LogP contribution in [-0.2, 0) is 4.79 Å². The summed E-state index contributed by atoms with van der Waals surface area (Å²) in [6.45, 7) is 1.99. The molecule has 2 rings (SSSR count). The SMILES string of the molecule is O=C(CNCC1CCCC1O)NCC1CC1. The number of aliphatic hydroxyl groups is 1. The minimum absolute atomic E-state index is 0.0828. The Morgan fingerprint density at radius 3 is 2.62 bits per heavy atom. The predicted molar refractivity (Wildman–Crippen MR) is 62.0 cm³/mol. The van der Waals surface area contributed by atoms with Crippen molar-refractivity contribution in [3.05, 3.63) is 0 Å². The molecule has 16 heavy (non-hydrogen) atoms. The molecule has 2 saturated carbocycles. The lowest BCUT2D eigenvalue weighted by atomic mass is 10.1. The summed E-state index contributed by atoms with van der Waals surface area (Å²) >= 11 is 0. The third-order valence-corrected chi connectivity index (χ3v) is 3.60. The summed E-state index contributed by atoms with van der Waals surface area (Å²) in [7, 11) is 0. The molecule has 0 aromatic rings. The maximum Gasteiger partial charge on any atom is 0.233 e. The average molecular weight is 226 g/mol. The molecule has 0 saturated heterocycles. The van der Waals surface area contributed by atoms with Gasteiger partial charge in [-0.2, -0.15) is 0 Å². The van der Waals surface area contributed by atoms with E-state index in [9.17, 15) is 9.90 Å². The minimum Gasteiger partial charge on any atom is -0.393 e. The van der Waals surface area contributed by atoms with Crippen LogP contribution >= 0.6 is 0 Å². The van der Waals surface area contributed by atoms with Gasteiger partial charge in [-0.1, -0.05) is 6.42 Å². The van der Waals surface area contributed by atoms with Gasteiger partial charge in [-0.05, 0) is 37.5 Å². The Hall–Kier alpha value is -0.610. The summed E-state index contributed by atoms with van der Waals surface area (Å²) in [6.07, 6.45) is 5.48. The standard InChI is InChI=1S/C12H22N2O2/c15-11-3-1-2-10(11)7-13-8-12(16)14-6-9-4-5-9/h9-11,13,15H,1-8H2,(H,14,16). The van der Waals surface area contributed by atoms with Gasteiger partial charge in [0.1, 0.15) is 0 Å². The van der Waals surface area contributed by atoms with Gasteiger partial charge in [-0.25, -0.2) is 0 Å². The first kappa shape index (κ1) is 11.9. The Morgan fingerprint density at radius 2 is 2.00 bits per heavy atom. The van der Waals surface area contributed by atoms with Crippen LogP contribution in [0.3, 0.4) is 0 Å². The average Bonchev–Trinajstić information content (AvgIpc) is 3.01. The lowest BCUT2D eigenvalue weighted by Gasteiger charge is -2.14. The molecular weight excluding hydrogens is 204 g/mol. The fourth-order valence-corrected chi connectivity index (χ4v) is 2.27. The van der Waals surface area contributed by atoms with Gasteiger partial charge in [0.05, 0.1) is 12.6 Å². The normalized spacial score (nSPS) is 29.3. The smallest absolute Gasteiger partial charge is 0.233 e. The molecule has 2 atom stereocenters. The van der Waals surface area contributed by atoms with Crippen LogP contribution in [0.2, 0.25) is 0 Å². The maximum atomic E-state index is 11.4. The third-order valence-electron chi connectivity index (χ3n) is 3.60. The molecule has 92 valence electrons. The highest BCUT2D eigenvalue weighted by Gasteiger charge is 2.25. The molecule has 0 bridgehead atoms. The van der Waals surface area contributed by atoms with Gasteiger partial charge in [0, 0.05) is 13.1 Å². The highest BCUT2D eigenvalue weighted by Crippen LogP contribution is 2.27. The molecule has 0 aromatic heterocycles. The van der Waals surface area contributed by atoms with Gasteiger partial charge >= 0.3 is 0 Å². The van der Waals surface area contributed by atoms with Gasteiger partial charge in [0.15, 0.2) is 0 Å². The van der Waals surface area contributed by atoms with Crippen LogP contribution in [0, 0.1) is 11.8 Å². The maximum absolute atomic E-state index is 11.4. The Labute approximate surface area is 96.8 Å². The zero-order valence-corrected chi connectivity index (χ0v) is 9.74. The molecule has 4 nitrogen and oxygen atoms in total. The zero-order valence-electron chi connectivity index (χ0n) is 9.74. The van der Waals surface area contributed by atoms with E-state index < -0.39 is 0 Å². The molecule has 0 heterocycles. The molecule has 0 aromatic carbocycles. The van der Waals surface area contributed by atoms with E-state index in [1.54, 1.807) is 0 Å². The van der Waals surface area contributed by atoms with E-state index in [4.69, 9.17) is 0 Å². The number of rotatable bonds is 6. The van der Waals surface area contributed by atoms with Crippen molar-refractivity contribution < 1.29 is 9.90 Å². The first-order chi connectivity index (χ1) is 7.75. The van der Waals surface area contributed by atoms with Crippen LogP contribution in [-0.4, -0.2) is 36.8 Å². The van der Waals surface area contributed by atoms with Crippen LogP contribution in [0.15, 0.2) is 0 Å². The van der Waals surface area contributed by atoms with Crippen LogP contribution in [0.25, 0.3) is 0 Å². The number of aliphatic hydroxyl groups excluding tert-OH is 1. The molecule has 2 aliphatic rings. The van der Waals surface area contributed by atoms with Crippen molar-refractivity contribution in [2.45, 2.75) is 38.2 Å². The molecule has 0 radical (unpaired) electrons. The van der Waals surface area contributed by atoms with Gasteiger partial charge < -0.3 is 15.7 Å². The van der Waals surface area contributed by atoms with Crippen molar-refractivity contribution in [2.24, 2.45) is 11.8 Å². The second-order valence-corrected chi connectivity index (χ2v) is 5.14. The van der Waals surface area contributed by atoms with Crippen molar-refractivity contribution in [1.82, 2.24) is 10.6 Å². The summed E-state index contributed by atoms with van der Waals surface area (Å²) in [5.74, 6) is 1.16. The summed E-state index contributed by atoms with van der Waals surface area (Å²) in [6, 6.07) is 0. The van der Waals surface area contributed by atoms with E-state index in [-0.39, 0.29) is 12.0 Å². The van der Waals surface area contributed by atoms with E-state index in [2.05, 4.69) is 10.6 Å². The van der Waals surface area contributed by atoms with E-state index in [0.717, 1.165) is 38.3 Å². The lowest BCUT2D eigenvalue weighted by molar-refractivity contribution is -0.120. The Kier molecular flexibility index (Phi) is 4.18. The minimum atomic E-state index is -0.165. The molecular formula is C12H22N2O2. The van der Waals surface area contributed by atoms with E-state index in [1.807, 2.05) is 0 Å². The summed E-state index contributed by atoms with van der Waals surface area (Å²) in [4.78, 5) is 11.4. The Morgan fingerprint density at radius 1 is 1.19 bits per heavy atom. The molecule has 1 amide bonds. The molecule has 0 spiro atoms. The number of carbonyl (C=O) groups is 1. The quantitative estimate of drug-likeness (QED) is 0.609. The summed E-state index contributed by atoms with van der Waals surface area (Å²) in [5, 5.41) is 15.6.